The van der Waals surface area contributed by atoms with Crippen LogP contribution in [0.2, 0.25) is 0 Å². The second-order valence-electron chi connectivity index (χ2n) is 3.96. The number of rotatable bonds is 7. The molecule has 0 bridgehead atoms. The molecule has 0 aromatic carbocycles. The van der Waals surface area contributed by atoms with Crippen molar-refractivity contribution in [1.29, 1.82) is 0 Å². The maximum Gasteiger partial charge on any atom is 0.326 e. The molecule has 0 fully saturated rings. The molecule has 0 aliphatic rings. The van der Waals surface area contributed by atoms with Crippen LogP contribution in [0.3, 0.4) is 0 Å². The van der Waals surface area contributed by atoms with Crippen LogP contribution in [0, 0.1) is 0 Å². The summed E-state index contributed by atoms with van der Waals surface area (Å²) in [6.45, 7) is 2.19. The van der Waals surface area contributed by atoms with Gasteiger partial charge in [0.1, 0.15) is 11.0 Å². The fraction of sp³-hybridized carbons (Fsp3) is 0.455. The maximum absolute atomic E-state index is 11.5. The number of carboxylic acid groups (broad SMARTS) is 1. The van der Waals surface area contributed by atoms with Gasteiger partial charge in [0.05, 0.1) is 13.0 Å². The summed E-state index contributed by atoms with van der Waals surface area (Å²) in [7, 11) is 0. The number of carbonyl (C=O) groups is 3. The fourth-order valence-electron chi connectivity index (χ4n) is 1.36. The lowest BCUT2D eigenvalue weighted by atomic mass is 10.2. The number of carboxylic acids is 1. The van der Waals surface area contributed by atoms with Crippen LogP contribution in [0.1, 0.15) is 23.2 Å². The number of amides is 3. The Morgan fingerprint density at radius 1 is 1.50 bits per heavy atom. The van der Waals surface area contributed by atoms with E-state index in [0.29, 0.717) is 0 Å². The van der Waals surface area contributed by atoms with Gasteiger partial charge >= 0.3 is 12.0 Å². The van der Waals surface area contributed by atoms with Gasteiger partial charge in [-0.15, -0.1) is 11.3 Å². The summed E-state index contributed by atoms with van der Waals surface area (Å²) >= 11 is 1.47. The second-order valence-corrected chi connectivity index (χ2v) is 5.16. The molecule has 0 saturated carbocycles. The first-order chi connectivity index (χ1) is 9.42. The predicted octanol–water partition coefficient (Wildman–Crippen LogP) is -0.167. The van der Waals surface area contributed by atoms with Crippen LogP contribution < -0.4 is 16.4 Å². The first kappa shape index (κ1) is 15.9. The van der Waals surface area contributed by atoms with Crippen molar-refractivity contribution in [3.05, 3.63) is 16.1 Å². The zero-order valence-electron chi connectivity index (χ0n) is 10.9. The minimum Gasteiger partial charge on any atom is -0.480 e. The van der Waals surface area contributed by atoms with Gasteiger partial charge in [-0.05, 0) is 6.42 Å². The van der Waals surface area contributed by atoms with Crippen LogP contribution >= 0.6 is 11.3 Å². The van der Waals surface area contributed by atoms with Gasteiger partial charge in [0.15, 0.2) is 0 Å². The quantitative estimate of drug-likeness (QED) is 0.554. The van der Waals surface area contributed by atoms with Crippen LogP contribution in [0.25, 0.3) is 0 Å². The molecule has 0 spiro atoms. The Kier molecular flexibility index (Phi) is 5.91. The van der Waals surface area contributed by atoms with Crippen molar-refractivity contribution in [3.8, 4) is 0 Å². The van der Waals surface area contributed by atoms with Crippen LogP contribution in [0.4, 0.5) is 4.79 Å². The third kappa shape index (κ3) is 5.22. The molecule has 1 aromatic heterocycles. The standard InChI is InChI=1S/C11H16N4O4S/c1-2-6-4-13-9(20-6)5-14-11(19)15-7(10(17)18)3-8(12)16/h4,7H,2-3,5H2,1H3,(H2,12,16)(H,17,18)(H2,14,15,19)/t7-/m1/s1. The second kappa shape index (κ2) is 7.43. The van der Waals surface area contributed by atoms with Crippen molar-refractivity contribution in [2.24, 2.45) is 5.73 Å². The van der Waals surface area contributed by atoms with Crippen molar-refractivity contribution in [3.63, 3.8) is 0 Å². The molecule has 0 saturated heterocycles. The van der Waals surface area contributed by atoms with E-state index >= 15 is 0 Å². The van der Waals surface area contributed by atoms with Gasteiger partial charge in [-0.25, -0.2) is 14.6 Å². The summed E-state index contributed by atoms with van der Waals surface area (Å²) in [6.07, 6.45) is 2.14. The molecule has 1 aromatic rings. The lowest BCUT2D eigenvalue weighted by molar-refractivity contribution is -0.140. The van der Waals surface area contributed by atoms with E-state index < -0.39 is 30.4 Å². The molecule has 0 aliphatic carbocycles. The van der Waals surface area contributed by atoms with E-state index in [0.717, 1.165) is 16.3 Å². The number of aromatic nitrogens is 1. The molecule has 0 aliphatic heterocycles. The van der Waals surface area contributed by atoms with E-state index in [2.05, 4.69) is 15.6 Å². The third-order valence-corrected chi connectivity index (χ3v) is 3.50. The Labute approximate surface area is 119 Å². The number of nitrogens with zero attached hydrogens (tertiary/aromatic N) is 1. The summed E-state index contributed by atoms with van der Waals surface area (Å²) < 4.78 is 0. The summed E-state index contributed by atoms with van der Waals surface area (Å²) in [5.74, 6) is -2.12. The van der Waals surface area contributed by atoms with Gasteiger partial charge in [0, 0.05) is 11.1 Å². The van der Waals surface area contributed by atoms with E-state index in [4.69, 9.17) is 10.8 Å². The average molecular weight is 300 g/mol. The Balaban J connectivity index is 2.45. The van der Waals surface area contributed by atoms with E-state index in [1.807, 2.05) is 6.92 Å². The van der Waals surface area contributed by atoms with Crippen LogP contribution in [-0.4, -0.2) is 34.0 Å². The molecule has 5 N–H and O–H groups in total. The van der Waals surface area contributed by atoms with Gasteiger partial charge in [0.25, 0.3) is 0 Å². The summed E-state index contributed by atoms with van der Waals surface area (Å²) in [5.41, 5.74) is 4.91. The Morgan fingerprint density at radius 3 is 2.70 bits per heavy atom. The monoisotopic (exact) mass is 300 g/mol. The van der Waals surface area contributed by atoms with E-state index in [9.17, 15) is 14.4 Å². The molecular weight excluding hydrogens is 284 g/mol. The molecule has 0 unspecified atom stereocenters. The van der Waals surface area contributed by atoms with Gasteiger partial charge in [-0.1, -0.05) is 6.92 Å². The molecule has 1 heterocycles. The Morgan fingerprint density at radius 2 is 2.20 bits per heavy atom. The van der Waals surface area contributed by atoms with Crippen molar-refractivity contribution in [1.82, 2.24) is 15.6 Å². The maximum atomic E-state index is 11.5. The Hall–Kier alpha value is -2.16. The number of aliphatic carboxylic acids is 1. The van der Waals surface area contributed by atoms with E-state index in [1.165, 1.54) is 11.3 Å². The summed E-state index contributed by atoms with van der Waals surface area (Å²) in [4.78, 5) is 38.2. The SMILES string of the molecule is CCc1cnc(CNC(=O)N[C@H](CC(N)=O)C(=O)O)s1. The number of primary amides is 1. The van der Waals surface area contributed by atoms with Crippen molar-refractivity contribution < 1.29 is 19.5 Å². The largest absolute Gasteiger partial charge is 0.480 e. The molecule has 0 radical (unpaired) electrons. The number of carbonyl (C=O) groups excluding carboxylic acids is 2. The highest BCUT2D eigenvalue weighted by molar-refractivity contribution is 7.11. The van der Waals surface area contributed by atoms with Crippen molar-refractivity contribution in [2.45, 2.75) is 32.4 Å². The number of urea groups is 1. The number of thiazole rings is 1. The number of hydrogen-bond acceptors (Lipinski definition) is 5. The highest BCUT2D eigenvalue weighted by Crippen LogP contribution is 2.12. The van der Waals surface area contributed by atoms with Crippen LogP contribution in [0.15, 0.2) is 6.20 Å². The lowest BCUT2D eigenvalue weighted by Crippen LogP contribution is -2.47. The summed E-state index contributed by atoms with van der Waals surface area (Å²) in [5, 5.41) is 14.2. The van der Waals surface area contributed by atoms with Gasteiger partial charge in [0.2, 0.25) is 5.91 Å². The van der Waals surface area contributed by atoms with E-state index in [1.54, 1.807) is 6.20 Å². The number of nitrogens with two attached hydrogens (primary N) is 1. The zero-order valence-corrected chi connectivity index (χ0v) is 11.7. The minimum absolute atomic E-state index is 0.194. The van der Waals surface area contributed by atoms with Crippen LogP contribution in [0.5, 0.6) is 0 Å². The minimum atomic E-state index is -1.34. The highest BCUT2D eigenvalue weighted by atomic mass is 32.1. The molecule has 8 nitrogen and oxygen atoms in total. The van der Waals surface area contributed by atoms with Gasteiger partial charge < -0.3 is 21.5 Å². The molecule has 9 heteroatoms. The fourth-order valence-corrected chi connectivity index (χ4v) is 2.16. The third-order valence-electron chi connectivity index (χ3n) is 2.36. The van der Waals surface area contributed by atoms with Crippen molar-refractivity contribution in [2.75, 3.05) is 0 Å². The van der Waals surface area contributed by atoms with Gasteiger partial charge in [-0.3, -0.25) is 4.79 Å². The molecule has 1 atom stereocenters. The van der Waals surface area contributed by atoms with E-state index in [-0.39, 0.29) is 6.54 Å². The highest BCUT2D eigenvalue weighted by Gasteiger charge is 2.21. The van der Waals surface area contributed by atoms with Crippen molar-refractivity contribution >= 4 is 29.2 Å². The average Bonchev–Trinajstić information content (AvgIpc) is 2.83. The summed E-state index contributed by atoms with van der Waals surface area (Å²) in [6, 6.07) is -2.03. The topological polar surface area (TPSA) is 134 Å². The Bertz CT molecular complexity index is 502. The van der Waals surface area contributed by atoms with Gasteiger partial charge in [-0.2, -0.15) is 0 Å². The molecule has 1 rings (SSSR count). The van der Waals surface area contributed by atoms with Crippen LogP contribution in [-0.2, 0) is 22.6 Å². The zero-order chi connectivity index (χ0) is 15.1. The molecule has 20 heavy (non-hydrogen) atoms. The number of aryl methyl sites for hydroxylation is 1. The molecule has 3 amide bonds. The normalized spacial score (nSPS) is 11.7. The smallest absolute Gasteiger partial charge is 0.326 e. The number of hydrogen-bond donors (Lipinski definition) is 4. The predicted molar refractivity (Wildman–Crippen MR) is 72.1 cm³/mol. The first-order valence-electron chi connectivity index (χ1n) is 5.91. The molecule has 110 valence electrons. The lowest BCUT2D eigenvalue weighted by Gasteiger charge is -2.13. The first-order valence-corrected chi connectivity index (χ1v) is 6.73. The number of nitrogens with one attached hydrogen (secondary N) is 2. The molecular formula is C11H16N4O4S.